The average Bonchev–Trinajstić information content (AvgIpc) is 3.30. The van der Waals surface area contributed by atoms with Crippen LogP contribution in [0.5, 0.6) is 0 Å². The molecule has 0 saturated carbocycles. The van der Waals surface area contributed by atoms with Gasteiger partial charge in [0.1, 0.15) is 5.82 Å². The Balaban J connectivity index is 1.24. The zero-order chi connectivity index (χ0) is 22.5. The number of nitrogens with one attached hydrogen (secondary N) is 1. The minimum atomic E-state index is -1.47. The molecule has 6 nitrogen and oxygen atoms in total. The number of carbonyl (C=O) groups is 1. The van der Waals surface area contributed by atoms with Gasteiger partial charge in [-0.2, -0.15) is 9.36 Å². The molecule has 1 fully saturated rings. The summed E-state index contributed by atoms with van der Waals surface area (Å²) in [5.74, 6) is -0.344. The number of rotatable bonds is 7. The van der Waals surface area contributed by atoms with Crippen LogP contribution in [0.2, 0.25) is 0 Å². The zero-order valence-corrected chi connectivity index (χ0v) is 18.6. The molecule has 2 aromatic carbocycles. The first kappa shape index (κ1) is 22.3. The Morgan fingerprint density at radius 2 is 1.84 bits per heavy atom. The van der Waals surface area contributed by atoms with Crippen molar-refractivity contribution in [3.05, 3.63) is 76.9 Å². The van der Waals surface area contributed by atoms with Crippen LogP contribution in [0.25, 0.3) is 0 Å². The number of aryl methyl sites for hydroxylation is 1. The maximum Gasteiger partial charge on any atom is 0.251 e. The van der Waals surface area contributed by atoms with Crippen molar-refractivity contribution in [3.63, 3.8) is 0 Å². The van der Waals surface area contributed by atoms with Gasteiger partial charge in [-0.3, -0.25) is 9.69 Å². The number of nitrogens with zero attached hydrogens (tertiary/aromatic N) is 4. The average molecular weight is 458 g/mol. The van der Waals surface area contributed by atoms with Crippen molar-refractivity contribution in [2.75, 3.05) is 44.2 Å². The molecule has 168 valence electrons. The summed E-state index contributed by atoms with van der Waals surface area (Å²) in [6.45, 7) is 6.44. The van der Waals surface area contributed by atoms with Gasteiger partial charge in [0.15, 0.2) is 12.0 Å². The molecular weight excluding hydrogens is 432 g/mol. The third-order valence-corrected chi connectivity index (χ3v) is 6.36. The van der Waals surface area contributed by atoms with E-state index < -0.39 is 12.0 Å². The fraction of sp³-hybridized carbons (Fsp3) is 0.348. The summed E-state index contributed by atoms with van der Waals surface area (Å²) in [4.78, 5) is 21.1. The molecule has 1 aliphatic heterocycles. The van der Waals surface area contributed by atoms with E-state index in [9.17, 15) is 13.6 Å². The maximum absolute atomic E-state index is 14.7. The zero-order valence-electron chi connectivity index (χ0n) is 17.8. The number of benzene rings is 2. The largest absolute Gasteiger partial charge is 0.351 e. The van der Waals surface area contributed by atoms with Crippen molar-refractivity contribution in [3.8, 4) is 0 Å². The molecule has 1 aromatic heterocycles. The van der Waals surface area contributed by atoms with E-state index in [1.807, 2.05) is 31.2 Å². The van der Waals surface area contributed by atoms with Crippen molar-refractivity contribution in [1.29, 1.82) is 0 Å². The summed E-state index contributed by atoms with van der Waals surface area (Å²) in [5, 5.41) is 3.68. The lowest BCUT2D eigenvalue weighted by Crippen LogP contribution is -2.48. The van der Waals surface area contributed by atoms with Gasteiger partial charge in [-0.1, -0.05) is 30.3 Å². The highest BCUT2D eigenvalue weighted by molar-refractivity contribution is 7.09. The van der Waals surface area contributed by atoms with E-state index >= 15 is 0 Å². The van der Waals surface area contributed by atoms with Crippen LogP contribution >= 0.6 is 11.5 Å². The van der Waals surface area contributed by atoms with Crippen molar-refractivity contribution in [2.24, 2.45) is 0 Å². The lowest BCUT2D eigenvalue weighted by atomic mass is 10.1. The topological polar surface area (TPSA) is 61.4 Å². The summed E-state index contributed by atoms with van der Waals surface area (Å²) in [6.07, 6.45) is -1.47. The number of halogens is 2. The van der Waals surface area contributed by atoms with Crippen LogP contribution in [0.3, 0.4) is 0 Å². The predicted octanol–water partition coefficient (Wildman–Crippen LogP) is 3.60. The molecule has 0 bridgehead atoms. The fourth-order valence-electron chi connectivity index (χ4n) is 3.65. The second-order valence-corrected chi connectivity index (χ2v) is 8.48. The molecule has 1 saturated heterocycles. The summed E-state index contributed by atoms with van der Waals surface area (Å²) in [5.41, 5.74) is 2.01. The molecule has 1 aliphatic rings. The number of hydrogen-bond donors (Lipinski definition) is 1. The van der Waals surface area contributed by atoms with Gasteiger partial charge in [-0.05, 0) is 36.2 Å². The Hall–Kier alpha value is -2.91. The predicted molar refractivity (Wildman–Crippen MR) is 121 cm³/mol. The van der Waals surface area contributed by atoms with Crippen LogP contribution in [0.4, 0.5) is 13.9 Å². The minimum absolute atomic E-state index is 0.0509. The number of amides is 1. The lowest BCUT2D eigenvalue weighted by molar-refractivity contribution is 0.0947. The Kier molecular flexibility index (Phi) is 7.06. The van der Waals surface area contributed by atoms with Crippen molar-refractivity contribution < 1.29 is 13.6 Å². The molecule has 1 N–H and O–H groups in total. The van der Waals surface area contributed by atoms with Crippen LogP contribution in [0, 0.1) is 12.7 Å². The highest BCUT2D eigenvalue weighted by Crippen LogP contribution is 2.28. The molecule has 3 aromatic rings. The molecule has 2 heterocycles. The molecule has 0 radical (unpaired) electrons. The Morgan fingerprint density at radius 1 is 1.12 bits per heavy atom. The van der Waals surface area contributed by atoms with Gasteiger partial charge in [0, 0.05) is 56.4 Å². The summed E-state index contributed by atoms with van der Waals surface area (Å²) in [7, 11) is 0. The molecule has 9 heteroatoms. The highest BCUT2D eigenvalue weighted by atomic mass is 32.1. The number of carbonyl (C=O) groups excluding carboxylic acids is 1. The number of aromatic nitrogens is 2. The molecule has 1 atom stereocenters. The summed E-state index contributed by atoms with van der Waals surface area (Å²) in [6, 6.07) is 12.8. The van der Waals surface area contributed by atoms with E-state index in [-0.39, 0.29) is 11.7 Å². The van der Waals surface area contributed by atoms with Gasteiger partial charge in [0.05, 0.1) is 0 Å². The Morgan fingerprint density at radius 3 is 2.56 bits per heavy atom. The number of piperazine rings is 1. The fourth-order valence-corrected chi connectivity index (χ4v) is 4.39. The quantitative estimate of drug-likeness (QED) is 0.588. The number of alkyl halides is 1. The first-order chi connectivity index (χ1) is 15.5. The van der Waals surface area contributed by atoms with E-state index in [2.05, 4.69) is 24.5 Å². The van der Waals surface area contributed by atoms with Crippen LogP contribution in [0.15, 0.2) is 48.5 Å². The molecule has 0 spiro atoms. The Bertz CT molecular complexity index is 1050. The number of anilines is 1. The van der Waals surface area contributed by atoms with Crippen LogP contribution in [-0.2, 0) is 0 Å². The first-order valence-electron chi connectivity index (χ1n) is 10.6. The minimum Gasteiger partial charge on any atom is -0.351 e. The van der Waals surface area contributed by atoms with Crippen LogP contribution < -0.4 is 10.2 Å². The lowest BCUT2D eigenvalue weighted by Gasteiger charge is -2.34. The Labute approximate surface area is 190 Å². The third kappa shape index (κ3) is 5.28. The van der Waals surface area contributed by atoms with E-state index in [1.54, 1.807) is 0 Å². The summed E-state index contributed by atoms with van der Waals surface area (Å²) >= 11 is 1.18. The van der Waals surface area contributed by atoms with Crippen molar-refractivity contribution in [2.45, 2.75) is 13.1 Å². The van der Waals surface area contributed by atoms with Crippen LogP contribution in [0.1, 0.15) is 33.5 Å². The van der Waals surface area contributed by atoms with E-state index in [0.29, 0.717) is 22.8 Å². The standard InChI is InChI=1S/C23H25F2N5OS/c1-16-4-2-3-5-19(16)22(31)26-10-11-29-12-14-30(15-13-29)23-27-21(28-32-23)20(25)17-6-8-18(24)9-7-17/h2-9,20H,10-15H2,1H3,(H,26,31). The van der Waals surface area contributed by atoms with E-state index in [4.69, 9.17) is 0 Å². The van der Waals surface area contributed by atoms with Gasteiger partial charge in [0.25, 0.3) is 5.91 Å². The molecule has 32 heavy (non-hydrogen) atoms. The monoisotopic (exact) mass is 457 g/mol. The highest BCUT2D eigenvalue weighted by Gasteiger charge is 2.23. The third-order valence-electron chi connectivity index (χ3n) is 5.57. The van der Waals surface area contributed by atoms with Gasteiger partial charge in [-0.15, -0.1) is 0 Å². The van der Waals surface area contributed by atoms with E-state index in [0.717, 1.165) is 38.3 Å². The second-order valence-electron chi connectivity index (χ2n) is 7.75. The van der Waals surface area contributed by atoms with Gasteiger partial charge in [0.2, 0.25) is 5.13 Å². The summed E-state index contributed by atoms with van der Waals surface area (Å²) < 4.78 is 31.9. The smallest absolute Gasteiger partial charge is 0.251 e. The molecule has 0 aliphatic carbocycles. The van der Waals surface area contributed by atoms with E-state index in [1.165, 1.54) is 35.8 Å². The molecule has 1 amide bonds. The van der Waals surface area contributed by atoms with Crippen molar-refractivity contribution >= 4 is 22.6 Å². The van der Waals surface area contributed by atoms with Gasteiger partial charge in [-0.25, -0.2) is 8.78 Å². The molecular formula is C23H25F2N5OS. The number of hydrogen-bond acceptors (Lipinski definition) is 6. The maximum atomic E-state index is 14.7. The van der Waals surface area contributed by atoms with Gasteiger partial charge < -0.3 is 10.2 Å². The molecule has 4 rings (SSSR count). The normalized spacial score (nSPS) is 15.5. The first-order valence-corrected chi connectivity index (χ1v) is 11.3. The second kappa shape index (κ2) is 10.1. The van der Waals surface area contributed by atoms with Gasteiger partial charge >= 0.3 is 0 Å². The SMILES string of the molecule is Cc1ccccc1C(=O)NCCN1CCN(c2nc(C(F)c3ccc(F)cc3)ns2)CC1. The molecule has 1 unspecified atom stereocenters. The van der Waals surface area contributed by atoms with Crippen molar-refractivity contribution in [1.82, 2.24) is 19.6 Å². The van der Waals surface area contributed by atoms with Crippen LogP contribution in [-0.4, -0.2) is 59.4 Å².